The van der Waals surface area contributed by atoms with Gasteiger partial charge in [0.1, 0.15) is 0 Å². The van der Waals surface area contributed by atoms with Crippen LogP contribution in [0.25, 0.3) is 0 Å². The van der Waals surface area contributed by atoms with E-state index in [0.717, 1.165) is 0 Å². The summed E-state index contributed by atoms with van der Waals surface area (Å²) in [5.74, 6) is -0.0602. The van der Waals surface area contributed by atoms with E-state index in [-0.39, 0.29) is 17.6 Å². The number of carbonyl (C=O) groups is 1. The van der Waals surface area contributed by atoms with Gasteiger partial charge in [0, 0.05) is 12.3 Å². The molecular formula is C7H11ClO2S. The van der Waals surface area contributed by atoms with Crippen molar-refractivity contribution in [3.63, 3.8) is 0 Å². The molecule has 0 N–H and O–H groups in total. The molecule has 0 heterocycles. The normalized spacial score (nSPS) is 12.3. The lowest BCUT2D eigenvalue weighted by atomic mass is 10.1. The van der Waals surface area contributed by atoms with Crippen LogP contribution in [-0.4, -0.2) is 16.9 Å². The molecule has 0 saturated carbocycles. The molecule has 0 fully saturated rings. The first-order chi connectivity index (χ1) is 5.07. The fourth-order valence-corrected chi connectivity index (χ4v) is 1.04. The first-order valence-electron chi connectivity index (χ1n) is 3.42. The second-order valence-corrected chi connectivity index (χ2v) is 3.04. The third kappa shape index (κ3) is 5.16. The zero-order valence-electron chi connectivity index (χ0n) is 6.59. The lowest BCUT2D eigenvalue weighted by Crippen LogP contribution is -2.14. The minimum atomic E-state index is -0.375. The number of ether oxygens (including phenoxy) is 1. The van der Waals surface area contributed by atoms with Crippen LogP contribution in [0, 0.1) is 5.92 Å². The van der Waals surface area contributed by atoms with Gasteiger partial charge < -0.3 is 4.74 Å². The standard InChI is InChI=1S/C7H11ClO2S/c1-3-10-7(11)5(2)4-6(8)9/h5H,3-4H2,1-2H3. The van der Waals surface area contributed by atoms with Crippen molar-refractivity contribution in [2.24, 2.45) is 5.92 Å². The third-order valence-electron chi connectivity index (χ3n) is 1.16. The fraction of sp³-hybridized carbons (Fsp3) is 0.714. The summed E-state index contributed by atoms with van der Waals surface area (Å²) in [6.45, 7) is 4.21. The van der Waals surface area contributed by atoms with Crippen molar-refractivity contribution in [2.75, 3.05) is 6.61 Å². The first-order valence-corrected chi connectivity index (χ1v) is 4.21. The van der Waals surface area contributed by atoms with Gasteiger partial charge in [0.2, 0.25) is 5.24 Å². The molecule has 0 spiro atoms. The first kappa shape index (κ1) is 10.8. The van der Waals surface area contributed by atoms with Crippen molar-refractivity contribution in [3.05, 3.63) is 0 Å². The SMILES string of the molecule is CCOC(=S)C(C)CC(=O)Cl. The van der Waals surface area contributed by atoms with E-state index in [1.54, 1.807) is 0 Å². The maximum atomic E-state index is 10.4. The molecule has 0 radical (unpaired) electrons. The van der Waals surface area contributed by atoms with Gasteiger partial charge in [-0.1, -0.05) is 6.92 Å². The van der Waals surface area contributed by atoms with Crippen LogP contribution in [0.3, 0.4) is 0 Å². The average Bonchev–Trinajstić information content (AvgIpc) is 1.86. The van der Waals surface area contributed by atoms with Gasteiger partial charge in [-0.15, -0.1) is 0 Å². The zero-order chi connectivity index (χ0) is 8.85. The predicted molar refractivity (Wildman–Crippen MR) is 48.9 cm³/mol. The molecule has 0 rings (SSSR count). The molecule has 0 amide bonds. The second kappa shape index (κ2) is 5.49. The number of carbonyl (C=O) groups excluding carboxylic acids is 1. The molecule has 0 aliphatic rings. The highest BCUT2D eigenvalue weighted by Crippen LogP contribution is 2.08. The van der Waals surface area contributed by atoms with E-state index in [1.807, 2.05) is 13.8 Å². The molecule has 1 atom stereocenters. The number of hydrogen-bond acceptors (Lipinski definition) is 3. The molecule has 11 heavy (non-hydrogen) atoms. The lowest BCUT2D eigenvalue weighted by Gasteiger charge is -2.10. The molecule has 0 aromatic carbocycles. The predicted octanol–water partition coefficient (Wildman–Crippen LogP) is 2.14. The van der Waals surface area contributed by atoms with Gasteiger partial charge in [0.15, 0.2) is 5.05 Å². The lowest BCUT2D eigenvalue weighted by molar-refractivity contribution is -0.112. The summed E-state index contributed by atoms with van der Waals surface area (Å²) in [5.41, 5.74) is 0. The summed E-state index contributed by atoms with van der Waals surface area (Å²) in [4.78, 5) is 10.4. The van der Waals surface area contributed by atoms with Crippen LogP contribution in [0.5, 0.6) is 0 Å². The molecule has 0 aliphatic carbocycles. The Morgan fingerprint density at radius 1 is 1.73 bits per heavy atom. The average molecular weight is 195 g/mol. The van der Waals surface area contributed by atoms with Crippen molar-refractivity contribution >= 4 is 34.1 Å². The Balaban J connectivity index is 3.73. The van der Waals surface area contributed by atoms with Gasteiger partial charge in [-0.25, -0.2) is 0 Å². The van der Waals surface area contributed by atoms with E-state index in [1.165, 1.54) is 0 Å². The van der Waals surface area contributed by atoms with Crippen LogP contribution in [0.4, 0.5) is 0 Å². The molecule has 0 aromatic heterocycles. The Labute approximate surface area is 76.9 Å². The van der Waals surface area contributed by atoms with E-state index >= 15 is 0 Å². The Morgan fingerprint density at radius 2 is 2.27 bits per heavy atom. The van der Waals surface area contributed by atoms with Crippen LogP contribution < -0.4 is 0 Å². The molecule has 64 valence electrons. The van der Waals surface area contributed by atoms with Crippen LogP contribution in [0.15, 0.2) is 0 Å². The molecule has 4 heteroatoms. The third-order valence-corrected chi connectivity index (χ3v) is 1.83. The minimum Gasteiger partial charge on any atom is -0.487 e. The Kier molecular flexibility index (Phi) is 5.42. The van der Waals surface area contributed by atoms with E-state index in [2.05, 4.69) is 0 Å². The Hall–Kier alpha value is -0.150. The molecule has 0 bridgehead atoms. The van der Waals surface area contributed by atoms with Crippen LogP contribution in [0.2, 0.25) is 0 Å². The van der Waals surface area contributed by atoms with E-state index in [4.69, 9.17) is 28.6 Å². The van der Waals surface area contributed by atoms with Crippen molar-refractivity contribution in [2.45, 2.75) is 20.3 Å². The van der Waals surface area contributed by atoms with Crippen molar-refractivity contribution < 1.29 is 9.53 Å². The molecular weight excluding hydrogens is 184 g/mol. The van der Waals surface area contributed by atoms with Gasteiger partial charge in [-0.3, -0.25) is 4.79 Å². The van der Waals surface area contributed by atoms with Crippen molar-refractivity contribution in [1.82, 2.24) is 0 Å². The van der Waals surface area contributed by atoms with E-state index in [0.29, 0.717) is 11.7 Å². The Morgan fingerprint density at radius 3 is 2.64 bits per heavy atom. The summed E-state index contributed by atoms with van der Waals surface area (Å²) in [6, 6.07) is 0. The Bertz CT molecular complexity index is 159. The summed E-state index contributed by atoms with van der Waals surface area (Å²) in [6.07, 6.45) is 0.250. The fourth-order valence-electron chi connectivity index (χ4n) is 0.609. The number of rotatable bonds is 4. The molecule has 0 aromatic rings. The topological polar surface area (TPSA) is 26.3 Å². The largest absolute Gasteiger partial charge is 0.487 e. The zero-order valence-corrected chi connectivity index (χ0v) is 8.17. The van der Waals surface area contributed by atoms with Crippen LogP contribution in [-0.2, 0) is 9.53 Å². The highest BCUT2D eigenvalue weighted by atomic mass is 35.5. The maximum absolute atomic E-state index is 10.4. The van der Waals surface area contributed by atoms with Gasteiger partial charge in [-0.05, 0) is 30.7 Å². The van der Waals surface area contributed by atoms with E-state index < -0.39 is 0 Å². The van der Waals surface area contributed by atoms with Crippen molar-refractivity contribution in [3.8, 4) is 0 Å². The van der Waals surface area contributed by atoms with Gasteiger partial charge in [0.25, 0.3) is 0 Å². The number of thiocarbonyl (C=S) groups is 1. The van der Waals surface area contributed by atoms with E-state index in [9.17, 15) is 4.79 Å². The number of hydrogen-bond donors (Lipinski definition) is 0. The smallest absolute Gasteiger partial charge is 0.222 e. The van der Waals surface area contributed by atoms with Crippen LogP contribution >= 0.6 is 23.8 Å². The summed E-state index contributed by atoms with van der Waals surface area (Å²) < 4.78 is 5.03. The molecule has 0 saturated heterocycles. The van der Waals surface area contributed by atoms with Crippen molar-refractivity contribution in [1.29, 1.82) is 0 Å². The summed E-state index contributed by atoms with van der Waals surface area (Å²) in [7, 11) is 0. The monoisotopic (exact) mass is 194 g/mol. The summed E-state index contributed by atoms with van der Waals surface area (Å²) in [5, 5.41) is 0.0843. The second-order valence-electron chi connectivity index (χ2n) is 2.21. The van der Waals surface area contributed by atoms with Gasteiger partial charge in [-0.2, -0.15) is 0 Å². The summed E-state index contributed by atoms with van der Waals surface area (Å²) >= 11 is 10.0. The van der Waals surface area contributed by atoms with Gasteiger partial charge >= 0.3 is 0 Å². The molecule has 2 nitrogen and oxygen atoms in total. The quantitative estimate of drug-likeness (QED) is 0.507. The maximum Gasteiger partial charge on any atom is 0.222 e. The molecule has 0 aliphatic heterocycles. The number of halogens is 1. The highest BCUT2D eigenvalue weighted by Gasteiger charge is 2.12. The molecule has 1 unspecified atom stereocenters. The minimum absolute atomic E-state index is 0.0602. The van der Waals surface area contributed by atoms with Crippen LogP contribution in [0.1, 0.15) is 20.3 Å². The van der Waals surface area contributed by atoms with Gasteiger partial charge in [0.05, 0.1) is 6.61 Å². The highest BCUT2D eigenvalue weighted by molar-refractivity contribution is 7.80.